The monoisotopic (exact) mass is 233 g/mol. The Balaban J connectivity index is 3.21. The zero-order valence-electron chi connectivity index (χ0n) is 8.62. The maximum absolute atomic E-state index is 12.6. The van der Waals surface area contributed by atoms with Crippen molar-refractivity contribution in [3.8, 4) is 0 Å². The Morgan fingerprint density at radius 3 is 2.44 bits per heavy atom. The number of aromatic nitrogens is 1. The maximum atomic E-state index is 12.6. The maximum Gasteiger partial charge on any atom is 0.490 e. The SMILES string of the molecule is CCCc1ncc(B(O)O)cc1C(F)(F)F. The number of pyridine rings is 1. The van der Waals surface area contributed by atoms with Crippen molar-refractivity contribution in [1.29, 1.82) is 0 Å². The molecule has 16 heavy (non-hydrogen) atoms. The Morgan fingerprint density at radius 1 is 1.38 bits per heavy atom. The van der Waals surface area contributed by atoms with Gasteiger partial charge in [-0.3, -0.25) is 4.98 Å². The summed E-state index contributed by atoms with van der Waals surface area (Å²) < 4.78 is 37.8. The fourth-order valence-electron chi connectivity index (χ4n) is 1.33. The number of aryl methyl sites for hydroxylation is 1. The lowest BCUT2D eigenvalue weighted by atomic mass is 9.80. The summed E-state index contributed by atoms with van der Waals surface area (Å²) in [5.74, 6) is 0. The highest BCUT2D eigenvalue weighted by Crippen LogP contribution is 2.31. The fraction of sp³-hybridized carbons (Fsp3) is 0.444. The summed E-state index contributed by atoms with van der Waals surface area (Å²) in [6, 6.07) is 0.725. The zero-order chi connectivity index (χ0) is 12.3. The van der Waals surface area contributed by atoms with Crippen LogP contribution >= 0.6 is 0 Å². The van der Waals surface area contributed by atoms with E-state index in [1.54, 1.807) is 6.92 Å². The van der Waals surface area contributed by atoms with Crippen LogP contribution in [0, 0.1) is 0 Å². The number of alkyl halides is 3. The first-order valence-electron chi connectivity index (χ1n) is 4.78. The van der Waals surface area contributed by atoms with Crippen LogP contribution in [0.4, 0.5) is 13.2 Å². The van der Waals surface area contributed by atoms with Crippen molar-refractivity contribution >= 4 is 12.6 Å². The van der Waals surface area contributed by atoms with E-state index < -0.39 is 18.9 Å². The second kappa shape index (κ2) is 4.84. The third-order valence-electron chi connectivity index (χ3n) is 2.08. The molecule has 0 unspecified atom stereocenters. The van der Waals surface area contributed by atoms with Gasteiger partial charge in [0.1, 0.15) is 0 Å². The van der Waals surface area contributed by atoms with E-state index in [1.807, 2.05) is 0 Å². The molecule has 0 fully saturated rings. The van der Waals surface area contributed by atoms with Crippen LogP contribution in [0.25, 0.3) is 0 Å². The minimum absolute atomic E-state index is 0.0700. The summed E-state index contributed by atoms with van der Waals surface area (Å²) in [6.07, 6.45) is -2.74. The molecule has 88 valence electrons. The van der Waals surface area contributed by atoms with Crippen LogP contribution in [0.15, 0.2) is 12.3 Å². The molecule has 1 aromatic heterocycles. The van der Waals surface area contributed by atoms with E-state index in [-0.39, 0.29) is 17.6 Å². The standard InChI is InChI=1S/C9H11BF3NO2/c1-2-3-8-7(9(11,12)13)4-6(5-14-8)10(15)16/h4-5,15-16H,2-3H2,1H3. The van der Waals surface area contributed by atoms with Gasteiger partial charge in [0, 0.05) is 11.7 Å². The first kappa shape index (κ1) is 13.0. The molecule has 0 saturated carbocycles. The van der Waals surface area contributed by atoms with Crippen molar-refractivity contribution in [1.82, 2.24) is 4.98 Å². The van der Waals surface area contributed by atoms with E-state index in [2.05, 4.69) is 4.98 Å². The predicted molar refractivity (Wildman–Crippen MR) is 53.1 cm³/mol. The Hall–Kier alpha value is -1.08. The van der Waals surface area contributed by atoms with Crippen LogP contribution in [-0.2, 0) is 12.6 Å². The normalized spacial score (nSPS) is 11.6. The quantitative estimate of drug-likeness (QED) is 0.756. The molecule has 0 aromatic carbocycles. The molecule has 0 aliphatic carbocycles. The molecule has 0 aliphatic rings. The van der Waals surface area contributed by atoms with Gasteiger partial charge in [0.2, 0.25) is 0 Å². The molecule has 0 spiro atoms. The first-order chi connectivity index (χ1) is 7.36. The van der Waals surface area contributed by atoms with Crippen LogP contribution in [0.2, 0.25) is 0 Å². The Kier molecular flexibility index (Phi) is 3.93. The summed E-state index contributed by atoms with van der Waals surface area (Å²) in [5.41, 5.74) is -1.23. The van der Waals surface area contributed by atoms with Crippen LogP contribution < -0.4 is 5.46 Å². The Morgan fingerprint density at radius 2 is 2.00 bits per heavy atom. The van der Waals surface area contributed by atoms with Gasteiger partial charge in [0.05, 0.1) is 11.3 Å². The molecule has 7 heteroatoms. The van der Waals surface area contributed by atoms with Gasteiger partial charge in [-0.05, 0) is 12.5 Å². The lowest BCUT2D eigenvalue weighted by molar-refractivity contribution is -0.138. The average Bonchev–Trinajstić information content (AvgIpc) is 2.16. The predicted octanol–water partition coefficient (Wildman–Crippen LogP) is 0.733. The van der Waals surface area contributed by atoms with Crippen LogP contribution in [-0.4, -0.2) is 22.2 Å². The van der Waals surface area contributed by atoms with Crippen LogP contribution in [0.1, 0.15) is 24.6 Å². The highest BCUT2D eigenvalue weighted by Gasteiger charge is 2.34. The molecule has 1 heterocycles. The molecule has 0 bridgehead atoms. The van der Waals surface area contributed by atoms with E-state index in [0.717, 1.165) is 12.3 Å². The molecule has 0 amide bonds. The van der Waals surface area contributed by atoms with Gasteiger partial charge < -0.3 is 10.0 Å². The Labute approximate surface area is 91.1 Å². The molecular weight excluding hydrogens is 222 g/mol. The van der Waals surface area contributed by atoms with Crippen molar-refractivity contribution in [2.24, 2.45) is 0 Å². The van der Waals surface area contributed by atoms with Gasteiger partial charge in [-0.15, -0.1) is 0 Å². The number of hydrogen-bond acceptors (Lipinski definition) is 3. The second-order valence-electron chi connectivity index (χ2n) is 3.38. The van der Waals surface area contributed by atoms with Crippen molar-refractivity contribution < 1.29 is 23.2 Å². The highest BCUT2D eigenvalue weighted by molar-refractivity contribution is 6.58. The second-order valence-corrected chi connectivity index (χ2v) is 3.38. The smallest absolute Gasteiger partial charge is 0.423 e. The molecule has 0 saturated heterocycles. The summed E-state index contributed by atoms with van der Waals surface area (Å²) in [4.78, 5) is 3.62. The largest absolute Gasteiger partial charge is 0.490 e. The zero-order valence-corrected chi connectivity index (χ0v) is 8.62. The molecule has 0 aliphatic heterocycles. The van der Waals surface area contributed by atoms with Crippen LogP contribution in [0.3, 0.4) is 0 Å². The molecule has 0 radical (unpaired) electrons. The first-order valence-corrected chi connectivity index (χ1v) is 4.78. The van der Waals surface area contributed by atoms with Gasteiger partial charge in [-0.2, -0.15) is 13.2 Å². The number of nitrogens with zero attached hydrogens (tertiary/aromatic N) is 1. The van der Waals surface area contributed by atoms with Gasteiger partial charge >= 0.3 is 13.3 Å². The average molecular weight is 233 g/mol. The summed E-state index contributed by atoms with van der Waals surface area (Å²) in [5, 5.41) is 17.6. The summed E-state index contributed by atoms with van der Waals surface area (Å²) in [7, 11) is -1.94. The minimum Gasteiger partial charge on any atom is -0.423 e. The molecule has 3 nitrogen and oxygen atoms in total. The van der Waals surface area contributed by atoms with Gasteiger partial charge in [0.15, 0.2) is 0 Å². The van der Waals surface area contributed by atoms with E-state index in [4.69, 9.17) is 10.0 Å². The van der Waals surface area contributed by atoms with Crippen LogP contribution in [0.5, 0.6) is 0 Å². The van der Waals surface area contributed by atoms with Crippen molar-refractivity contribution in [3.05, 3.63) is 23.5 Å². The van der Waals surface area contributed by atoms with E-state index >= 15 is 0 Å². The molecule has 1 rings (SSSR count). The molecule has 2 N–H and O–H groups in total. The lowest BCUT2D eigenvalue weighted by Gasteiger charge is -2.12. The third-order valence-corrected chi connectivity index (χ3v) is 2.08. The van der Waals surface area contributed by atoms with Gasteiger partial charge in [0.25, 0.3) is 0 Å². The van der Waals surface area contributed by atoms with Crippen molar-refractivity contribution in [3.63, 3.8) is 0 Å². The summed E-state index contributed by atoms with van der Waals surface area (Å²) in [6.45, 7) is 1.75. The number of rotatable bonds is 3. The molecular formula is C9H11BF3NO2. The van der Waals surface area contributed by atoms with E-state index in [1.165, 1.54) is 0 Å². The van der Waals surface area contributed by atoms with E-state index in [9.17, 15) is 13.2 Å². The highest BCUT2D eigenvalue weighted by atomic mass is 19.4. The Bertz CT molecular complexity index is 368. The molecule has 1 aromatic rings. The number of halogens is 3. The third kappa shape index (κ3) is 2.96. The number of hydrogen-bond donors (Lipinski definition) is 2. The van der Waals surface area contributed by atoms with Gasteiger partial charge in [-0.25, -0.2) is 0 Å². The van der Waals surface area contributed by atoms with Crippen molar-refractivity contribution in [2.45, 2.75) is 25.9 Å². The summed E-state index contributed by atoms with van der Waals surface area (Å²) >= 11 is 0. The topological polar surface area (TPSA) is 53.4 Å². The molecule has 0 atom stereocenters. The lowest BCUT2D eigenvalue weighted by Crippen LogP contribution is -2.32. The fourth-order valence-corrected chi connectivity index (χ4v) is 1.33. The van der Waals surface area contributed by atoms with E-state index in [0.29, 0.717) is 6.42 Å². The minimum atomic E-state index is -4.53. The van der Waals surface area contributed by atoms with Gasteiger partial charge in [-0.1, -0.05) is 13.3 Å². The van der Waals surface area contributed by atoms with Crippen molar-refractivity contribution in [2.75, 3.05) is 0 Å².